The average molecular weight is 387 g/mol. The number of thiazole rings is 1. The SMILES string of the molecule is COC(=O)C(C)(C)O/N=C(/C(=O)O)c1csc(NC(=O)OC(C)(C)C)n1. The van der Waals surface area contributed by atoms with Gasteiger partial charge in [-0.05, 0) is 34.6 Å². The molecule has 144 valence electrons. The number of nitrogens with zero attached hydrogens (tertiary/aromatic N) is 2. The highest BCUT2D eigenvalue weighted by atomic mass is 32.1. The second-order valence-electron chi connectivity index (χ2n) is 6.50. The number of hydrogen-bond acceptors (Lipinski definition) is 9. The van der Waals surface area contributed by atoms with E-state index in [2.05, 4.69) is 20.2 Å². The van der Waals surface area contributed by atoms with Crippen LogP contribution >= 0.6 is 11.3 Å². The van der Waals surface area contributed by atoms with Gasteiger partial charge in [-0.2, -0.15) is 0 Å². The van der Waals surface area contributed by atoms with Gasteiger partial charge >= 0.3 is 18.0 Å². The second kappa shape index (κ2) is 8.13. The Morgan fingerprint density at radius 3 is 2.35 bits per heavy atom. The minimum atomic E-state index is -1.48. The number of hydrogen-bond donors (Lipinski definition) is 2. The minimum Gasteiger partial charge on any atom is -0.476 e. The van der Waals surface area contributed by atoms with Gasteiger partial charge in [-0.3, -0.25) is 5.32 Å². The molecule has 0 spiro atoms. The number of carboxylic acids is 1. The Kier molecular flexibility index (Phi) is 6.67. The fourth-order valence-corrected chi connectivity index (χ4v) is 2.15. The third kappa shape index (κ3) is 6.31. The zero-order valence-electron chi connectivity index (χ0n) is 15.3. The number of esters is 1. The number of nitrogens with one attached hydrogen (secondary N) is 1. The van der Waals surface area contributed by atoms with E-state index in [9.17, 15) is 19.5 Å². The Balaban J connectivity index is 2.95. The molecule has 26 heavy (non-hydrogen) atoms. The highest BCUT2D eigenvalue weighted by Gasteiger charge is 2.32. The summed E-state index contributed by atoms with van der Waals surface area (Å²) in [6, 6.07) is 0. The predicted molar refractivity (Wildman–Crippen MR) is 93.3 cm³/mol. The van der Waals surface area contributed by atoms with E-state index in [4.69, 9.17) is 9.57 Å². The molecule has 0 aliphatic rings. The summed E-state index contributed by atoms with van der Waals surface area (Å²) in [5, 5.41) is 16.7. The number of carbonyl (C=O) groups excluding carboxylic acids is 2. The Labute approximate surface area is 154 Å². The molecule has 0 saturated heterocycles. The van der Waals surface area contributed by atoms with Gasteiger partial charge in [0.1, 0.15) is 11.3 Å². The van der Waals surface area contributed by atoms with Gasteiger partial charge in [0.25, 0.3) is 0 Å². The highest BCUT2D eigenvalue weighted by molar-refractivity contribution is 7.14. The van der Waals surface area contributed by atoms with Crippen molar-refractivity contribution in [3.63, 3.8) is 0 Å². The van der Waals surface area contributed by atoms with Crippen LogP contribution in [0.1, 0.15) is 40.3 Å². The summed E-state index contributed by atoms with van der Waals surface area (Å²) in [5.41, 5.74) is -2.75. The van der Waals surface area contributed by atoms with Crippen LogP contribution in [0.25, 0.3) is 0 Å². The van der Waals surface area contributed by atoms with Crippen molar-refractivity contribution in [2.45, 2.75) is 45.8 Å². The van der Waals surface area contributed by atoms with E-state index < -0.39 is 34.9 Å². The first-order chi connectivity index (χ1) is 11.9. The van der Waals surface area contributed by atoms with Crippen molar-refractivity contribution in [2.75, 3.05) is 12.4 Å². The predicted octanol–water partition coefficient (Wildman–Crippen LogP) is 2.25. The smallest absolute Gasteiger partial charge is 0.413 e. The zero-order valence-corrected chi connectivity index (χ0v) is 16.1. The topological polar surface area (TPSA) is 136 Å². The summed E-state index contributed by atoms with van der Waals surface area (Å²) < 4.78 is 9.63. The maximum absolute atomic E-state index is 11.7. The van der Waals surface area contributed by atoms with Crippen molar-refractivity contribution in [1.82, 2.24) is 4.98 Å². The van der Waals surface area contributed by atoms with Crippen LogP contribution in [0.15, 0.2) is 10.5 Å². The third-order valence-corrected chi connectivity index (χ3v) is 3.36. The number of rotatable bonds is 6. The van der Waals surface area contributed by atoms with Crippen LogP contribution in [-0.4, -0.2) is 52.1 Å². The van der Waals surface area contributed by atoms with Crippen molar-refractivity contribution in [1.29, 1.82) is 0 Å². The van der Waals surface area contributed by atoms with Crippen molar-refractivity contribution in [3.05, 3.63) is 11.1 Å². The van der Waals surface area contributed by atoms with Gasteiger partial charge in [0.2, 0.25) is 11.3 Å². The molecule has 0 aromatic carbocycles. The Bertz CT molecular complexity index is 719. The van der Waals surface area contributed by atoms with E-state index in [1.807, 2.05) is 0 Å². The quantitative estimate of drug-likeness (QED) is 0.431. The number of amides is 1. The maximum atomic E-state index is 11.7. The first-order valence-corrected chi connectivity index (χ1v) is 8.27. The van der Waals surface area contributed by atoms with Crippen LogP contribution in [0.2, 0.25) is 0 Å². The van der Waals surface area contributed by atoms with Crippen molar-refractivity contribution in [3.8, 4) is 0 Å². The van der Waals surface area contributed by atoms with Gasteiger partial charge in [-0.25, -0.2) is 19.4 Å². The molecular weight excluding hydrogens is 366 g/mol. The molecule has 0 aliphatic heterocycles. The number of ether oxygens (including phenoxy) is 2. The minimum absolute atomic E-state index is 0.0470. The molecule has 0 saturated carbocycles. The first-order valence-electron chi connectivity index (χ1n) is 7.39. The molecule has 0 unspecified atom stereocenters. The van der Waals surface area contributed by atoms with E-state index in [1.54, 1.807) is 20.8 Å². The van der Waals surface area contributed by atoms with E-state index in [0.717, 1.165) is 11.3 Å². The number of carbonyl (C=O) groups is 3. The molecule has 0 atom stereocenters. The first kappa shape index (κ1) is 21.4. The monoisotopic (exact) mass is 387 g/mol. The van der Waals surface area contributed by atoms with Crippen LogP contribution in [0.5, 0.6) is 0 Å². The molecule has 1 amide bonds. The maximum Gasteiger partial charge on any atom is 0.413 e. The Morgan fingerprint density at radius 2 is 1.85 bits per heavy atom. The lowest BCUT2D eigenvalue weighted by Gasteiger charge is -2.19. The van der Waals surface area contributed by atoms with Gasteiger partial charge in [0.15, 0.2) is 5.13 Å². The summed E-state index contributed by atoms with van der Waals surface area (Å²) in [4.78, 5) is 43.6. The molecule has 11 heteroatoms. The Morgan fingerprint density at radius 1 is 1.23 bits per heavy atom. The average Bonchev–Trinajstić information content (AvgIpc) is 2.91. The number of methoxy groups -OCH3 is 1. The standard InChI is InChI=1S/C15H21N3O7S/c1-14(2,3)24-13(22)17-12-16-8(7-26-12)9(10(19)20)18-25-15(4,5)11(21)23-6/h7H,1-6H3,(H,19,20)(H,16,17,22)/b18-9+. The van der Waals surface area contributed by atoms with Crippen LogP contribution in [0, 0.1) is 0 Å². The van der Waals surface area contributed by atoms with Crippen molar-refractivity contribution >= 4 is 40.2 Å². The summed E-state index contributed by atoms with van der Waals surface area (Å²) in [7, 11) is 1.17. The van der Waals surface area contributed by atoms with E-state index in [-0.39, 0.29) is 10.8 Å². The summed E-state index contributed by atoms with van der Waals surface area (Å²) >= 11 is 0.979. The van der Waals surface area contributed by atoms with Crippen molar-refractivity contribution < 1.29 is 33.8 Å². The number of carboxylic acid groups (broad SMARTS) is 1. The Hall–Kier alpha value is -2.69. The van der Waals surface area contributed by atoms with E-state index in [1.165, 1.54) is 26.3 Å². The molecule has 0 fully saturated rings. The summed E-state index contributed by atoms with van der Waals surface area (Å²) in [6.45, 7) is 7.86. The summed E-state index contributed by atoms with van der Waals surface area (Å²) in [6.07, 6.45) is -0.727. The third-order valence-electron chi connectivity index (χ3n) is 2.60. The van der Waals surface area contributed by atoms with E-state index in [0.29, 0.717) is 0 Å². The van der Waals surface area contributed by atoms with Crippen LogP contribution < -0.4 is 5.32 Å². The fraction of sp³-hybridized carbons (Fsp3) is 0.533. The van der Waals surface area contributed by atoms with Gasteiger partial charge < -0.3 is 19.4 Å². The molecule has 0 bridgehead atoms. The lowest BCUT2D eigenvalue weighted by molar-refractivity contribution is -0.165. The zero-order chi connectivity index (χ0) is 20.1. The van der Waals surface area contributed by atoms with Gasteiger partial charge in [-0.15, -0.1) is 11.3 Å². The largest absolute Gasteiger partial charge is 0.476 e. The van der Waals surface area contributed by atoms with Gasteiger partial charge in [-0.1, -0.05) is 5.16 Å². The summed E-state index contributed by atoms with van der Waals surface area (Å²) in [5.74, 6) is -2.14. The second-order valence-corrected chi connectivity index (χ2v) is 7.36. The lowest BCUT2D eigenvalue weighted by atomic mass is 10.1. The molecule has 10 nitrogen and oxygen atoms in total. The lowest BCUT2D eigenvalue weighted by Crippen LogP contribution is -2.35. The fourth-order valence-electron chi connectivity index (χ4n) is 1.47. The van der Waals surface area contributed by atoms with Crippen LogP contribution in [0.4, 0.5) is 9.93 Å². The van der Waals surface area contributed by atoms with Crippen LogP contribution in [-0.2, 0) is 23.9 Å². The van der Waals surface area contributed by atoms with Crippen molar-refractivity contribution in [2.24, 2.45) is 5.16 Å². The molecule has 0 aliphatic carbocycles. The van der Waals surface area contributed by atoms with Gasteiger partial charge in [0, 0.05) is 5.38 Å². The molecular formula is C15H21N3O7S. The van der Waals surface area contributed by atoms with E-state index >= 15 is 0 Å². The van der Waals surface area contributed by atoms with Crippen LogP contribution in [0.3, 0.4) is 0 Å². The normalized spacial score (nSPS) is 12.3. The molecule has 1 heterocycles. The number of aromatic nitrogens is 1. The molecule has 1 aromatic rings. The molecule has 2 N–H and O–H groups in total. The number of anilines is 1. The van der Waals surface area contributed by atoms with Gasteiger partial charge in [0.05, 0.1) is 7.11 Å². The number of oxime groups is 1. The molecule has 0 radical (unpaired) electrons. The highest BCUT2D eigenvalue weighted by Crippen LogP contribution is 2.19. The number of aliphatic carboxylic acids is 1. The molecule has 1 aromatic heterocycles. The molecule has 1 rings (SSSR count).